The largest absolute Gasteiger partial charge is 0.344 e. The SMILES string of the molecule is CC(C)c1nsc(N2CCN(C[C@@H]3CCCS3(=O)=O)CC2)n1. The Hall–Kier alpha value is -0.730. The maximum atomic E-state index is 11.9. The molecule has 0 bridgehead atoms. The second kappa shape index (κ2) is 6.41. The molecule has 22 heavy (non-hydrogen) atoms. The minimum atomic E-state index is -2.83. The van der Waals surface area contributed by atoms with Crippen LogP contribution in [0.5, 0.6) is 0 Å². The third kappa shape index (κ3) is 3.44. The molecule has 8 heteroatoms. The van der Waals surface area contributed by atoms with E-state index in [1.54, 1.807) is 0 Å². The van der Waals surface area contributed by atoms with E-state index < -0.39 is 9.84 Å². The van der Waals surface area contributed by atoms with Crippen molar-refractivity contribution in [3.8, 4) is 0 Å². The Morgan fingerprint density at radius 1 is 1.27 bits per heavy atom. The topological polar surface area (TPSA) is 66.4 Å². The van der Waals surface area contributed by atoms with Crippen molar-refractivity contribution in [2.24, 2.45) is 0 Å². The molecular weight excluding hydrogens is 320 g/mol. The number of aromatic nitrogens is 2. The van der Waals surface area contributed by atoms with Crippen molar-refractivity contribution in [1.29, 1.82) is 0 Å². The molecule has 3 rings (SSSR count). The van der Waals surface area contributed by atoms with Crippen molar-refractivity contribution < 1.29 is 8.42 Å². The highest BCUT2D eigenvalue weighted by Crippen LogP contribution is 2.24. The van der Waals surface area contributed by atoms with Crippen molar-refractivity contribution in [2.45, 2.75) is 37.9 Å². The molecule has 0 aromatic carbocycles. The Balaban J connectivity index is 1.54. The van der Waals surface area contributed by atoms with Crippen molar-refractivity contribution in [2.75, 3.05) is 43.4 Å². The van der Waals surface area contributed by atoms with E-state index in [-0.39, 0.29) is 5.25 Å². The van der Waals surface area contributed by atoms with Gasteiger partial charge in [-0.25, -0.2) is 13.4 Å². The first-order valence-electron chi connectivity index (χ1n) is 7.98. The molecule has 124 valence electrons. The Kier molecular flexibility index (Phi) is 4.70. The van der Waals surface area contributed by atoms with Gasteiger partial charge in [0.05, 0.1) is 11.0 Å². The molecule has 0 amide bonds. The number of sulfone groups is 1. The lowest BCUT2D eigenvalue weighted by molar-refractivity contribution is 0.255. The summed E-state index contributed by atoms with van der Waals surface area (Å²) in [6, 6.07) is 0. The number of hydrogen-bond donors (Lipinski definition) is 0. The van der Waals surface area contributed by atoms with Crippen LogP contribution in [0.15, 0.2) is 0 Å². The van der Waals surface area contributed by atoms with Crippen molar-refractivity contribution in [3.05, 3.63) is 5.82 Å². The fraction of sp³-hybridized carbons (Fsp3) is 0.857. The summed E-state index contributed by atoms with van der Waals surface area (Å²) in [5.41, 5.74) is 0. The fourth-order valence-electron chi connectivity index (χ4n) is 3.06. The highest BCUT2D eigenvalue weighted by molar-refractivity contribution is 7.92. The van der Waals surface area contributed by atoms with Gasteiger partial charge >= 0.3 is 0 Å². The molecule has 1 aromatic rings. The number of nitrogens with zero attached hydrogens (tertiary/aromatic N) is 4. The smallest absolute Gasteiger partial charge is 0.205 e. The maximum Gasteiger partial charge on any atom is 0.205 e. The van der Waals surface area contributed by atoms with Gasteiger partial charge in [0.1, 0.15) is 5.82 Å². The molecule has 0 spiro atoms. The van der Waals surface area contributed by atoms with E-state index >= 15 is 0 Å². The maximum absolute atomic E-state index is 11.9. The standard InChI is InChI=1S/C14H24N4O2S2/c1-11(2)13-15-14(21-16-13)18-7-5-17(6-8-18)10-12-4-3-9-22(12,19)20/h11-12H,3-10H2,1-2H3/t12-/m0/s1. The zero-order valence-corrected chi connectivity index (χ0v) is 14.9. The molecule has 0 radical (unpaired) electrons. The van der Waals surface area contributed by atoms with E-state index in [1.165, 1.54) is 11.5 Å². The highest BCUT2D eigenvalue weighted by atomic mass is 32.2. The Morgan fingerprint density at radius 3 is 2.55 bits per heavy atom. The van der Waals surface area contributed by atoms with Crippen LogP contribution in [0.4, 0.5) is 5.13 Å². The van der Waals surface area contributed by atoms with Crippen LogP contribution >= 0.6 is 11.5 Å². The zero-order valence-electron chi connectivity index (χ0n) is 13.2. The summed E-state index contributed by atoms with van der Waals surface area (Å²) in [6.45, 7) is 8.52. The molecule has 2 aliphatic heterocycles. The van der Waals surface area contributed by atoms with Gasteiger partial charge in [0, 0.05) is 50.2 Å². The number of hydrogen-bond acceptors (Lipinski definition) is 7. The van der Waals surface area contributed by atoms with Gasteiger partial charge in [-0.05, 0) is 12.8 Å². The predicted molar refractivity (Wildman–Crippen MR) is 89.5 cm³/mol. The molecular formula is C14H24N4O2S2. The lowest BCUT2D eigenvalue weighted by Crippen LogP contribution is -2.49. The Bertz CT molecular complexity index is 606. The molecule has 0 aliphatic carbocycles. The zero-order chi connectivity index (χ0) is 15.7. The summed E-state index contributed by atoms with van der Waals surface area (Å²) >= 11 is 1.47. The summed E-state index contributed by atoms with van der Waals surface area (Å²) in [5.74, 6) is 1.65. The lowest BCUT2D eigenvalue weighted by atomic mass is 10.2. The van der Waals surface area contributed by atoms with Crippen LogP contribution < -0.4 is 4.90 Å². The summed E-state index contributed by atoms with van der Waals surface area (Å²) in [7, 11) is -2.83. The van der Waals surface area contributed by atoms with Crippen LogP contribution in [-0.2, 0) is 9.84 Å². The van der Waals surface area contributed by atoms with Gasteiger partial charge in [-0.15, -0.1) is 0 Å². The summed E-state index contributed by atoms with van der Waals surface area (Å²) in [5, 5.41) is 0.852. The van der Waals surface area contributed by atoms with E-state index in [4.69, 9.17) is 0 Å². The van der Waals surface area contributed by atoms with Gasteiger partial charge in [0.15, 0.2) is 9.84 Å². The van der Waals surface area contributed by atoms with Gasteiger partial charge in [-0.2, -0.15) is 4.37 Å². The minimum Gasteiger partial charge on any atom is -0.344 e. The summed E-state index contributed by atoms with van der Waals surface area (Å²) < 4.78 is 28.3. The summed E-state index contributed by atoms with van der Waals surface area (Å²) in [6.07, 6.45) is 1.66. The van der Waals surface area contributed by atoms with E-state index in [0.717, 1.165) is 50.0 Å². The average Bonchev–Trinajstić information content (AvgIpc) is 3.08. The van der Waals surface area contributed by atoms with E-state index in [0.29, 0.717) is 18.2 Å². The predicted octanol–water partition coefficient (Wildman–Crippen LogP) is 1.36. The highest BCUT2D eigenvalue weighted by Gasteiger charge is 2.33. The molecule has 0 unspecified atom stereocenters. The van der Waals surface area contributed by atoms with Crippen molar-refractivity contribution in [3.63, 3.8) is 0 Å². The molecule has 0 saturated carbocycles. The van der Waals surface area contributed by atoms with Crippen LogP contribution in [0.1, 0.15) is 38.4 Å². The molecule has 0 N–H and O–H groups in total. The van der Waals surface area contributed by atoms with E-state index in [9.17, 15) is 8.42 Å². The van der Waals surface area contributed by atoms with E-state index in [2.05, 4.69) is 33.0 Å². The fourth-order valence-corrected chi connectivity index (χ4v) is 5.79. The second-order valence-electron chi connectivity index (χ2n) is 6.51. The van der Waals surface area contributed by atoms with Gasteiger partial charge in [-0.1, -0.05) is 13.8 Å². The van der Waals surface area contributed by atoms with Gasteiger partial charge < -0.3 is 4.90 Å². The number of piperazine rings is 1. The lowest BCUT2D eigenvalue weighted by Gasteiger charge is -2.35. The van der Waals surface area contributed by atoms with E-state index in [1.807, 2.05) is 0 Å². The minimum absolute atomic E-state index is 0.145. The quantitative estimate of drug-likeness (QED) is 0.822. The Labute approximate surface area is 136 Å². The molecule has 6 nitrogen and oxygen atoms in total. The van der Waals surface area contributed by atoms with Crippen molar-refractivity contribution >= 4 is 26.5 Å². The number of rotatable bonds is 4. The molecule has 3 heterocycles. The van der Waals surface area contributed by atoms with Gasteiger partial charge in [0.2, 0.25) is 5.13 Å². The molecule has 2 saturated heterocycles. The monoisotopic (exact) mass is 344 g/mol. The molecule has 1 atom stereocenters. The first-order valence-corrected chi connectivity index (χ1v) is 10.5. The van der Waals surface area contributed by atoms with Gasteiger partial charge in [-0.3, -0.25) is 4.90 Å². The van der Waals surface area contributed by atoms with Gasteiger partial charge in [0.25, 0.3) is 0 Å². The average molecular weight is 345 g/mol. The Morgan fingerprint density at radius 2 is 2.00 bits per heavy atom. The molecule has 2 aliphatic rings. The normalized spacial score (nSPS) is 26.0. The van der Waals surface area contributed by atoms with Crippen LogP contribution in [0.2, 0.25) is 0 Å². The van der Waals surface area contributed by atoms with Crippen molar-refractivity contribution in [1.82, 2.24) is 14.3 Å². The number of anilines is 1. The summed E-state index contributed by atoms with van der Waals surface area (Å²) in [4.78, 5) is 9.16. The third-order valence-corrected chi connectivity index (χ3v) is 7.56. The first kappa shape index (κ1) is 16.1. The van der Waals surface area contributed by atoms with Crippen LogP contribution in [0.3, 0.4) is 0 Å². The van der Waals surface area contributed by atoms with Crippen LogP contribution in [0, 0.1) is 0 Å². The van der Waals surface area contributed by atoms with Crippen LogP contribution in [0.25, 0.3) is 0 Å². The first-order chi connectivity index (χ1) is 10.5. The second-order valence-corrected chi connectivity index (χ2v) is 9.64. The third-order valence-electron chi connectivity index (χ3n) is 4.51. The molecule has 2 fully saturated rings. The molecule has 1 aromatic heterocycles. The van der Waals surface area contributed by atoms with Crippen LogP contribution in [-0.4, -0.2) is 66.4 Å².